The summed E-state index contributed by atoms with van der Waals surface area (Å²) in [6.45, 7) is 0. The van der Waals surface area contributed by atoms with Crippen LogP contribution in [0.5, 0.6) is 0 Å². The zero-order valence-electron chi connectivity index (χ0n) is 10.6. The van der Waals surface area contributed by atoms with E-state index in [1.807, 2.05) is 16.8 Å². The molecule has 1 aromatic heterocycles. The molecule has 0 fully saturated rings. The van der Waals surface area contributed by atoms with Gasteiger partial charge in [0.25, 0.3) is 0 Å². The lowest BCUT2D eigenvalue weighted by atomic mass is 10.2. The average molecular weight is 310 g/mol. The predicted molar refractivity (Wildman–Crippen MR) is 79.1 cm³/mol. The number of sulfonamides is 1. The maximum atomic E-state index is 11.7. The smallest absolute Gasteiger partial charge is 0.238 e. The molecule has 1 heterocycles. The standard InChI is InChI=1S/C13H14N2O3S2/c14-20(17,18)12-4-2-11(3-5-12)15-13(16)6-1-10-7-8-19-9-10/h2-5,7-9H,1,6H2,(H,15,16)(H2,14,17,18). The van der Waals surface area contributed by atoms with Crippen molar-refractivity contribution in [3.63, 3.8) is 0 Å². The van der Waals surface area contributed by atoms with E-state index in [0.29, 0.717) is 18.5 Å². The van der Waals surface area contributed by atoms with Crippen molar-refractivity contribution in [1.29, 1.82) is 0 Å². The minimum Gasteiger partial charge on any atom is -0.326 e. The molecule has 0 aliphatic carbocycles. The van der Waals surface area contributed by atoms with Crippen LogP contribution in [0.15, 0.2) is 46.0 Å². The number of anilines is 1. The van der Waals surface area contributed by atoms with Gasteiger partial charge >= 0.3 is 0 Å². The van der Waals surface area contributed by atoms with Crippen molar-refractivity contribution in [2.24, 2.45) is 5.14 Å². The molecular weight excluding hydrogens is 296 g/mol. The molecule has 0 bridgehead atoms. The van der Waals surface area contributed by atoms with E-state index in [4.69, 9.17) is 5.14 Å². The van der Waals surface area contributed by atoms with Gasteiger partial charge in [0.2, 0.25) is 15.9 Å². The molecule has 0 unspecified atom stereocenters. The Morgan fingerprint density at radius 3 is 2.45 bits per heavy atom. The van der Waals surface area contributed by atoms with E-state index in [1.54, 1.807) is 11.3 Å². The van der Waals surface area contributed by atoms with Gasteiger partial charge in [-0.2, -0.15) is 11.3 Å². The van der Waals surface area contributed by atoms with E-state index in [2.05, 4.69) is 5.32 Å². The van der Waals surface area contributed by atoms with E-state index >= 15 is 0 Å². The fourth-order valence-corrected chi connectivity index (χ4v) is 2.86. The number of hydrogen-bond donors (Lipinski definition) is 2. The van der Waals surface area contributed by atoms with Gasteiger partial charge in [0, 0.05) is 12.1 Å². The number of hydrogen-bond acceptors (Lipinski definition) is 4. The fraction of sp³-hybridized carbons (Fsp3) is 0.154. The zero-order chi connectivity index (χ0) is 14.6. The number of benzene rings is 1. The van der Waals surface area contributed by atoms with Crippen molar-refractivity contribution in [2.45, 2.75) is 17.7 Å². The highest BCUT2D eigenvalue weighted by atomic mass is 32.2. The van der Waals surface area contributed by atoms with Gasteiger partial charge in [0.1, 0.15) is 0 Å². The Morgan fingerprint density at radius 2 is 1.90 bits per heavy atom. The van der Waals surface area contributed by atoms with Crippen molar-refractivity contribution in [1.82, 2.24) is 0 Å². The first-order chi connectivity index (χ1) is 9.45. The SMILES string of the molecule is NS(=O)(=O)c1ccc(NC(=O)CCc2ccsc2)cc1. The molecule has 7 heteroatoms. The number of nitrogens with one attached hydrogen (secondary N) is 1. The Labute approximate surface area is 121 Å². The van der Waals surface area contributed by atoms with E-state index in [0.717, 1.165) is 5.56 Å². The van der Waals surface area contributed by atoms with Gasteiger partial charge in [0.15, 0.2) is 0 Å². The Balaban J connectivity index is 1.91. The quantitative estimate of drug-likeness (QED) is 0.884. The Morgan fingerprint density at radius 1 is 1.20 bits per heavy atom. The van der Waals surface area contributed by atoms with Gasteiger partial charge in [0.05, 0.1) is 4.90 Å². The number of thiophene rings is 1. The van der Waals surface area contributed by atoms with Crippen molar-refractivity contribution < 1.29 is 13.2 Å². The Bertz CT molecular complexity index is 677. The summed E-state index contributed by atoms with van der Waals surface area (Å²) in [7, 11) is -3.70. The van der Waals surface area contributed by atoms with Crippen molar-refractivity contribution in [2.75, 3.05) is 5.32 Å². The molecule has 0 saturated carbocycles. The normalized spacial score (nSPS) is 11.2. The van der Waals surface area contributed by atoms with E-state index < -0.39 is 10.0 Å². The summed E-state index contributed by atoms with van der Waals surface area (Å²) in [6.07, 6.45) is 1.07. The zero-order valence-corrected chi connectivity index (χ0v) is 12.2. The van der Waals surface area contributed by atoms with Gasteiger partial charge in [-0.3, -0.25) is 4.79 Å². The molecule has 1 amide bonds. The van der Waals surface area contributed by atoms with Gasteiger partial charge in [-0.25, -0.2) is 13.6 Å². The highest BCUT2D eigenvalue weighted by molar-refractivity contribution is 7.89. The van der Waals surface area contributed by atoms with Crippen molar-refractivity contribution in [3.05, 3.63) is 46.7 Å². The lowest BCUT2D eigenvalue weighted by molar-refractivity contribution is -0.116. The molecule has 20 heavy (non-hydrogen) atoms. The van der Waals surface area contributed by atoms with Crippen molar-refractivity contribution >= 4 is 33.0 Å². The summed E-state index contributed by atoms with van der Waals surface area (Å²) in [5.74, 6) is -0.112. The number of rotatable bonds is 5. The van der Waals surface area contributed by atoms with E-state index in [1.165, 1.54) is 24.3 Å². The van der Waals surface area contributed by atoms with Crippen LogP contribution in [-0.4, -0.2) is 14.3 Å². The summed E-state index contributed by atoms with van der Waals surface area (Å²) in [6, 6.07) is 7.75. The van der Waals surface area contributed by atoms with E-state index in [9.17, 15) is 13.2 Å². The largest absolute Gasteiger partial charge is 0.326 e. The third-order valence-corrected chi connectivity index (χ3v) is 4.35. The maximum absolute atomic E-state index is 11.7. The minimum atomic E-state index is -3.70. The van der Waals surface area contributed by atoms with Gasteiger partial charge < -0.3 is 5.32 Å². The van der Waals surface area contributed by atoms with Gasteiger partial charge in [-0.15, -0.1) is 0 Å². The van der Waals surface area contributed by atoms with Gasteiger partial charge in [-0.1, -0.05) is 0 Å². The second-order valence-electron chi connectivity index (χ2n) is 4.25. The molecule has 106 valence electrons. The third kappa shape index (κ3) is 4.16. The Hall–Kier alpha value is -1.70. The summed E-state index contributed by atoms with van der Waals surface area (Å²) < 4.78 is 22.2. The van der Waals surface area contributed by atoms with Crippen LogP contribution in [0.3, 0.4) is 0 Å². The molecule has 0 radical (unpaired) electrons. The number of carbonyl (C=O) groups is 1. The molecule has 1 aromatic carbocycles. The molecule has 0 spiro atoms. The molecule has 0 saturated heterocycles. The third-order valence-electron chi connectivity index (χ3n) is 2.69. The summed E-state index contributed by atoms with van der Waals surface area (Å²) in [4.78, 5) is 11.8. The summed E-state index contributed by atoms with van der Waals surface area (Å²) in [5.41, 5.74) is 1.68. The highest BCUT2D eigenvalue weighted by Gasteiger charge is 2.08. The molecule has 0 aliphatic rings. The number of amides is 1. The molecule has 3 N–H and O–H groups in total. The van der Waals surface area contributed by atoms with Crippen LogP contribution in [0.4, 0.5) is 5.69 Å². The van der Waals surface area contributed by atoms with Crippen LogP contribution in [0.2, 0.25) is 0 Å². The molecular formula is C13H14N2O3S2. The molecule has 5 nitrogen and oxygen atoms in total. The first-order valence-electron chi connectivity index (χ1n) is 5.89. The maximum Gasteiger partial charge on any atom is 0.238 e. The second kappa shape index (κ2) is 6.17. The topological polar surface area (TPSA) is 89.3 Å². The average Bonchev–Trinajstić information content (AvgIpc) is 2.89. The van der Waals surface area contributed by atoms with Gasteiger partial charge in [-0.05, 0) is 53.1 Å². The van der Waals surface area contributed by atoms with Crippen LogP contribution in [0, 0.1) is 0 Å². The number of aryl methyl sites for hydroxylation is 1. The second-order valence-corrected chi connectivity index (χ2v) is 6.59. The lowest BCUT2D eigenvalue weighted by Gasteiger charge is -2.05. The highest BCUT2D eigenvalue weighted by Crippen LogP contribution is 2.14. The van der Waals surface area contributed by atoms with Crippen molar-refractivity contribution in [3.8, 4) is 0 Å². The lowest BCUT2D eigenvalue weighted by Crippen LogP contribution is -2.14. The molecule has 0 aliphatic heterocycles. The number of carbonyl (C=O) groups excluding carboxylic acids is 1. The monoisotopic (exact) mass is 310 g/mol. The van der Waals surface area contributed by atoms with Crippen LogP contribution in [0.25, 0.3) is 0 Å². The number of primary sulfonamides is 1. The molecule has 2 rings (SSSR count). The first-order valence-corrected chi connectivity index (χ1v) is 8.38. The van der Waals surface area contributed by atoms with Crippen LogP contribution in [0.1, 0.15) is 12.0 Å². The summed E-state index contributed by atoms with van der Waals surface area (Å²) in [5, 5.41) is 11.7. The van der Waals surface area contributed by atoms with Crippen LogP contribution in [-0.2, 0) is 21.2 Å². The fourth-order valence-electron chi connectivity index (χ4n) is 1.64. The molecule has 0 atom stereocenters. The number of nitrogens with two attached hydrogens (primary N) is 1. The predicted octanol–water partition coefficient (Wildman–Crippen LogP) is 1.97. The molecule has 2 aromatic rings. The first kappa shape index (κ1) is 14.7. The van der Waals surface area contributed by atoms with Crippen LogP contribution >= 0.6 is 11.3 Å². The van der Waals surface area contributed by atoms with E-state index in [-0.39, 0.29) is 10.8 Å². The minimum absolute atomic E-state index is 0.0220. The Kier molecular flexibility index (Phi) is 4.53. The summed E-state index contributed by atoms with van der Waals surface area (Å²) >= 11 is 1.60. The van der Waals surface area contributed by atoms with Crippen LogP contribution < -0.4 is 10.5 Å².